The van der Waals surface area contributed by atoms with Crippen LogP contribution in [-0.4, -0.2) is 35.5 Å². The van der Waals surface area contributed by atoms with E-state index in [1.165, 1.54) is 36.5 Å². The molecule has 0 saturated carbocycles. The molecule has 0 aliphatic carbocycles. The molecule has 0 fully saturated rings. The maximum absolute atomic E-state index is 13.2. The highest BCUT2D eigenvalue weighted by Crippen LogP contribution is 2.20. The number of carbonyl (C=O) groups excluding carboxylic acids is 2. The SMILES string of the molecule is CCCN(Cc1nc(C(=O)OC)co1)C(=O)Nc1ccc(F)c(Cl)c1. The standard InChI is InChI=1S/C16H17ClFN3O4/c1-3-6-21(8-14-20-13(9-25-14)15(22)24-2)16(23)19-10-4-5-12(18)11(17)7-10/h4-5,7,9H,3,6,8H2,1-2H3,(H,19,23). The molecule has 0 aliphatic rings. The average Bonchev–Trinajstić information content (AvgIpc) is 3.05. The first-order valence-electron chi connectivity index (χ1n) is 7.48. The third kappa shape index (κ3) is 4.93. The molecule has 0 saturated heterocycles. The number of rotatable bonds is 6. The van der Waals surface area contributed by atoms with Gasteiger partial charge in [-0.2, -0.15) is 0 Å². The number of ether oxygens (including phenoxy) is 1. The highest BCUT2D eigenvalue weighted by Gasteiger charge is 2.19. The number of hydrogen-bond acceptors (Lipinski definition) is 5. The average molecular weight is 370 g/mol. The van der Waals surface area contributed by atoms with Gasteiger partial charge in [-0.15, -0.1) is 0 Å². The van der Waals surface area contributed by atoms with Gasteiger partial charge < -0.3 is 19.4 Å². The van der Waals surface area contributed by atoms with E-state index < -0.39 is 17.8 Å². The Morgan fingerprint density at radius 1 is 1.44 bits per heavy atom. The van der Waals surface area contributed by atoms with Crippen molar-refractivity contribution in [2.75, 3.05) is 19.0 Å². The topological polar surface area (TPSA) is 84.7 Å². The molecule has 0 aliphatic heterocycles. The summed E-state index contributed by atoms with van der Waals surface area (Å²) in [4.78, 5) is 29.2. The lowest BCUT2D eigenvalue weighted by atomic mass is 10.3. The number of amides is 2. The molecule has 1 aromatic heterocycles. The van der Waals surface area contributed by atoms with Gasteiger partial charge in [0.25, 0.3) is 0 Å². The third-order valence-electron chi connectivity index (χ3n) is 3.22. The number of halogens is 2. The van der Waals surface area contributed by atoms with Gasteiger partial charge in [-0.3, -0.25) is 0 Å². The second kappa shape index (κ2) is 8.48. The van der Waals surface area contributed by atoms with Crippen molar-refractivity contribution < 1.29 is 23.1 Å². The number of carbonyl (C=O) groups is 2. The predicted molar refractivity (Wildman–Crippen MR) is 89.0 cm³/mol. The Labute approximate surface area is 148 Å². The monoisotopic (exact) mass is 369 g/mol. The van der Waals surface area contributed by atoms with Gasteiger partial charge in [-0.25, -0.2) is 19.0 Å². The molecule has 25 heavy (non-hydrogen) atoms. The molecule has 0 unspecified atom stereocenters. The van der Waals surface area contributed by atoms with Gasteiger partial charge in [0, 0.05) is 12.2 Å². The van der Waals surface area contributed by atoms with E-state index >= 15 is 0 Å². The zero-order valence-electron chi connectivity index (χ0n) is 13.7. The van der Waals surface area contributed by atoms with Crippen LogP contribution in [0.4, 0.5) is 14.9 Å². The van der Waals surface area contributed by atoms with Crippen molar-refractivity contribution >= 4 is 29.3 Å². The van der Waals surface area contributed by atoms with Crippen molar-refractivity contribution in [3.05, 3.63) is 46.9 Å². The third-order valence-corrected chi connectivity index (χ3v) is 3.51. The lowest BCUT2D eigenvalue weighted by Gasteiger charge is -2.21. The summed E-state index contributed by atoms with van der Waals surface area (Å²) in [5.41, 5.74) is 0.389. The van der Waals surface area contributed by atoms with E-state index in [0.29, 0.717) is 18.7 Å². The van der Waals surface area contributed by atoms with Gasteiger partial charge in [0.1, 0.15) is 12.1 Å². The number of aromatic nitrogens is 1. The summed E-state index contributed by atoms with van der Waals surface area (Å²) in [7, 11) is 1.24. The van der Waals surface area contributed by atoms with Crippen LogP contribution in [0.15, 0.2) is 28.9 Å². The molecule has 1 heterocycles. The fraction of sp³-hybridized carbons (Fsp3) is 0.312. The minimum atomic E-state index is -0.623. The van der Waals surface area contributed by atoms with Crippen LogP contribution >= 0.6 is 11.6 Å². The Kier molecular flexibility index (Phi) is 6.35. The fourth-order valence-corrected chi connectivity index (χ4v) is 2.22. The molecule has 2 amide bonds. The summed E-state index contributed by atoms with van der Waals surface area (Å²) in [6.07, 6.45) is 1.87. The van der Waals surface area contributed by atoms with Crippen molar-refractivity contribution in [3.63, 3.8) is 0 Å². The number of benzene rings is 1. The van der Waals surface area contributed by atoms with E-state index in [1.807, 2.05) is 6.92 Å². The van der Waals surface area contributed by atoms with Crippen molar-refractivity contribution in [2.45, 2.75) is 19.9 Å². The number of anilines is 1. The summed E-state index contributed by atoms with van der Waals surface area (Å²) in [6, 6.07) is 3.46. The summed E-state index contributed by atoms with van der Waals surface area (Å²) < 4.78 is 22.9. The highest BCUT2D eigenvalue weighted by atomic mass is 35.5. The smallest absolute Gasteiger partial charge is 0.360 e. The van der Waals surface area contributed by atoms with Crippen LogP contribution in [0, 0.1) is 5.82 Å². The molecule has 1 aromatic carbocycles. The van der Waals surface area contributed by atoms with Gasteiger partial charge in [-0.05, 0) is 24.6 Å². The normalized spacial score (nSPS) is 10.4. The molecule has 0 bridgehead atoms. The van der Waals surface area contributed by atoms with Crippen LogP contribution in [0.25, 0.3) is 0 Å². The molecule has 134 valence electrons. The number of oxazole rings is 1. The Hall–Kier alpha value is -2.61. The Balaban J connectivity index is 2.08. The van der Waals surface area contributed by atoms with Gasteiger partial charge in [-0.1, -0.05) is 18.5 Å². The molecule has 9 heteroatoms. The molecule has 0 spiro atoms. The molecule has 2 aromatic rings. The van der Waals surface area contributed by atoms with Crippen LogP contribution in [0.3, 0.4) is 0 Å². The van der Waals surface area contributed by atoms with Crippen LogP contribution < -0.4 is 5.32 Å². The Morgan fingerprint density at radius 2 is 2.20 bits per heavy atom. The Morgan fingerprint density at radius 3 is 2.84 bits per heavy atom. The second-order valence-corrected chi connectivity index (χ2v) is 5.51. The van der Waals surface area contributed by atoms with Gasteiger partial charge >= 0.3 is 12.0 Å². The largest absolute Gasteiger partial charge is 0.464 e. The summed E-state index contributed by atoms with van der Waals surface area (Å²) in [6.45, 7) is 2.40. The number of nitrogens with one attached hydrogen (secondary N) is 1. The lowest BCUT2D eigenvalue weighted by molar-refractivity contribution is 0.0594. The van der Waals surface area contributed by atoms with Gasteiger partial charge in [0.15, 0.2) is 5.69 Å². The summed E-state index contributed by atoms with van der Waals surface area (Å²) in [5.74, 6) is -0.996. The quantitative estimate of drug-likeness (QED) is 0.785. The van der Waals surface area contributed by atoms with Crippen LogP contribution in [0.5, 0.6) is 0 Å². The van der Waals surface area contributed by atoms with Crippen molar-refractivity contribution in [2.24, 2.45) is 0 Å². The minimum absolute atomic E-state index is 0.0275. The zero-order valence-corrected chi connectivity index (χ0v) is 14.5. The van der Waals surface area contributed by atoms with Crippen molar-refractivity contribution in [1.82, 2.24) is 9.88 Å². The fourth-order valence-electron chi connectivity index (χ4n) is 2.04. The van der Waals surface area contributed by atoms with E-state index in [0.717, 1.165) is 0 Å². The molecule has 1 N–H and O–H groups in total. The number of methoxy groups -OCH3 is 1. The van der Waals surface area contributed by atoms with E-state index in [1.54, 1.807) is 0 Å². The number of esters is 1. The number of hydrogen-bond donors (Lipinski definition) is 1. The second-order valence-electron chi connectivity index (χ2n) is 5.10. The summed E-state index contributed by atoms with van der Waals surface area (Å²) in [5, 5.41) is 2.54. The van der Waals surface area contributed by atoms with Gasteiger partial charge in [0.05, 0.1) is 18.7 Å². The molecular formula is C16H17ClFN3O4. The first-order valence-corrected chi connectivity index (χ1v) is 7.86. The van der Waals surface area contributed by atoms with Crippen LogP contribution in [0.1, 0.15) is 29.7 Å². The van der Waals surface area contributed by atoms with E-state index in [-0.39, 0.29) is 23.2 Å². The van der Waals surface area contributed by atoms with E-state index in [9.17, 15) is 14.0 Å². The number of nitrogens with zero attached hydrogens (tertiary/aromatic N) is 2. The number of urea groups is 1. The highest BCUT2D eigenvalue weighted by molar-refractivity contribution is 6.31. The molecule has 2 rings (SSSR count). The van der Waals surface area contributed by atoms with Crippen LogP contribution in [0.2, 0.25) is 5.02 Å². The maximum Gasteiger partial charge on any atom is 0.360 e. The predicted octanol–water partition coefficient (Wildman–Crippen LogP) is 3.70. The first kappa shape index (κ1) is 18.7. The van der Waals surface area contributed by atoms with Gasteiger partial charge in [0.2, 0.25) is 5.89 Å². The maximum atomic E-state index is 13.2. The minimum Gasteiger partial charge on any atom is -0.464 e. The van der Waals surface area contributed by atoms with Crippen LogP contribution in [-0.2, 0) is 11.3 Å². The molecule has 0 radical (unpaired) electrons. The van der Waals surface area contributed by atoms with Crippen molar-refractivity contribution in [1.29, 1.82) is 0 Å². The zero-order chi connectivity index (χ0) is 18.4. The summed E-state index contributed by atoms with van der Waals surface area (Å²) >= 11 is 5.71. The van der Waals surface area contributed by atoms with E-state index in [2.05, 4.69) is 15.0 Å². The van der Waals surface area contributed by atoms with Crippen molar-refractivity contribution in [3.8, 4) is 0 Å². The molecular weight excluding hydrogens is 353 g/mol. The van der Waals surface area contributed by atoms with E-state index in [4.69, 9.17) is 16.0 Å². The lowest BCUT2D eigenvalue weighted by Crippen LogP contribution is -2.35. The first-order chi connectivity index (χ1) is 11.9. The molecule has 7 nitrogen and oxygen atoms in total. The molecule has 0 atom stereocenters. The Bertz CT molecular complexity index is 766.